The highest BCUT2D eigenvalue weighted by Crippen LogP contribution is 2.34. The molecule has 11 nitrogen and oxygen atoms in total. The second-order valence-corrected chi connectivity index (χ2v) is 11.2. The van der Waals surface area contributed by atoms with Crippen LogP contribution in [0.5, 0.6) is 0 Å². The van der Waals surface area contributed by atoms with Crippen LogP contribution in [0.15, 0.2) is 49.3 Å². The van der Waals surface area contributed by atoms with Crippen molar-refractivity contribution in [3.05, 3.63) is 60.7 Å². The molecule has 2 fully saturated rings. The zero-order valence-electron chi connectivity index (χ0n) is 24.2. The molecular weight excluding hydrogens is 530 g/mol. The van der Waals surface area contributed by atoms with E-state index in [2.05, 4.69) is 67.7 Å². The molecule has 0 aliphatic carbocycles. The van der Waals surface area contributed by atoms with Crippen molar-refractivity contribution >= 4 is 27.8 Å². The van der Waals surface area contributed by atoms with E-state index in [1.165, 1.54) is 10.8 Å². The summed E-state index contributed by atoms with van der Waals surface area (Å²) in [6.45, 7) is 7.30. The van der Waals surface area contributed by atoms with E-state index in [1.807, 2.05) is 28.8 Å². The van der Waals surface area contributed by atoms with Crippen LogP contribution in [0, 0.1) is 0 Å². The van der Waals surface area contributed by atoms with Gasteiger partial charge in [-0.15, -0.1) is 0 Å². The molecule has 0 amide bonds. The van der Waals surface area contributed by atoms with E-state index in [9.17, 15) is 0 Å². The Bertz CT molecular complexity index is 1680. The summed E-state index contributed by atoms with van der Waals surface area (Å²) in [5.41, 5.74) is 5.83. The number of aryl methyl sites for hydroxylation is 1. The number of anilines is 1. The molecule has 0 radical (unpaired) electrons. The standard InChI is InChI=1S/C31H37N9O2/c1-21(36-30-29-31(33-19-32-30)40(20-34-29)27-8-3-4-13-42-27)26-16-22-6-5-7-24(23-17-35-38(2)18-23)28(22)25(37-26)9-10-39-11-14-41-15-12-39/h5-7,16-21,27H,3-4,8-15H2,1-2H3,(H,32,33,36)/t21-,27?/m0/s1. The number of nitrogens with one attached hydrogen (secondary N) is 1. The van der Waals surface area contributed by atoms with Gasteiger partial charge in [-0.2, -0.15) is 5.10 Å². The number of benzene rings is 1. The maximum Gasteiger partial charge on any atom is 0.167 e. The molecule has 2 aliphatic heterocycles. The molecule has 1 N–H and O–H groups in total. The van der Waals surface area contributed by atoms with Gasteiger partial charge in [-0.05, 0) is 43.2 Å². The van der Waals surface area contributed by atoms with Gasteiger partial charge < -0.3 is 14.8 Å². The number of imidazole rings is 1. The molecule has 0 saturated carbocycles. The van der Waals surface area contributed by atoms with E-state index in [-0.39, 0.29) is 12.3 Å². The highest BCUT2D eigenvalue weighted by atomic mass is 16.5. The van der Waals surface area contributed by atoms with Gasteiger partial charge >= 0.3 is 0 Å². The minimum atomic E-state index is -0.104. The van der Waals surface area contributed by atoms with Gasteiger partial charge in [0.25, 0.3) is 0 Å². The maximum absolute atomic E-state index is 6.00. The lowest BCUT2D eigenvalue weighted by Gasteiger charge is -2.27. The van der Waals surface area contributed by atoms with Gasteiger partial charge in [-0.25, -0.2) is 15.0 Å². The van der Waals surface area contributed by atoms with E-state index in [1.54, 1.807) is 6.33 Å². The molecule has 1 unspecified atom stereocenters. The summed E-state index contributed by atoms with van der Waals surface area (Å²) < 4.78 is 15.5. The summed E-state index contributed by atoms with van der Waals surface area (Å²) in [5.74, 6) is 0.697. The number of ether oxygens (including phenoxy) is 2. The fourth-order valence-electron chi connectivity index (χ4n) is 6.10. The Balaban J connectivity index is 1.23. The summed E-state index contributed by atoms with van der Waals surface area (Å²) in [6, 6.07) is 8.56. The molecule has 2 atom stereocenters. The number of nitrogens with zero attached hydrogens (tertiary/aromatic N) is 8. The topological polar surface area (TPSA) is 108 Å². The Hall–Kier alpha value is -3.93. The molecular formula is C31H37N9O2. The second-order valence-electron chi connectivity index (χ2n) is 11.2. The molecule has 5 aromatic rings. The van der Waals surface area contributed by atoms with Gasteiger partial charge in [-0.1, -0.05) is 18.2 Å². The van der Waals surface area contributed by atoms with E-state index in [4.69, 9.17) is 14.5 Å². The number of hydrogen-bond donors (Lipinski definition) is 1. The largest absolute Gasteiger partial charge is 0.379 e. The lowest BCUT2D eigenvalue weighted by molar-refractivity contribution is -0.0298. The Morgan fingerprint density at radius 1 is 1.10 bits per heavy atom. The molecule has 6 heterocycles. The SMILES string of the molecule is C[C@H](Nc1ncnc2c1ncn2C1CCCCO1)c1cc2cccc(-c3cnn(C)c3)c2c(CCN2CCOCC2)n1. The Morgan fingerprint density at radius 2 is 2.00 bits per heavy atom. The van der Waals surface area contributed by atoms with E-state index in [0.29, 0.717) is 5.82 Å². The number of morpholine rings is 1. The number of pyridine rings is 1. The lowest BCUT2D eigenvalue weighted by Crippen LogP contribution is -2.37. The summed E-state index contributed by atoms with van der Waals surface area (Å²) in [7, 11) is 1.95. The molecule has 0 spiro atoms. The zero-order chi connectivity index (χ0) is 28.5. The van der Waals surface area contributed by atoms with Crippen molar-refractivity contribution in [1.29, 1.82) is 0 Å². The predicted octanol–water partition coefficient (Wildman–Crippen LogP) is 4.52. The van der Waals surface area contributed by atoms with E-state index < -0.39 is 0 Å². The number of fused-ring (bicyclic) bond motifs is 2. The molecule has 11 heteroatoms. The van der Waals surface area contributed by atoms with Crippen LogP contribution in [-0.4, -0.2) is 78.6 Å². The van der Waals surface area contributed by atoms with Gasteiger partial charge in [0.1, 0.15) is 12.6 Å². The molecule has 4 aromatic heterocycles. The van der Waals surface area contributed by atoms with Crippen molar-refractivity contribution in [1.82, 2.24) is 39.2 Å². The third kappa shape index (κ3) is 5.35. The van der Waals surface area contributed by atoms with Crippen molar-refractivity contribution in [2.45, 2.75) is 44.9 Å². The molecule has 42 heavy (non-hydrogen) atoms. The van der Waals surface area contributed by atoms with Gasteiger partial charge in [0.15, 0.2) is 17.0 Å². The molecule has 1 aromatic carbocycles. The first-order valence-electron chi connectivity index (χ1n) is 14.9. The van der Waals surface area contributed by atoms with Crippen molar-refractivity contribution in [2.24, 2.45) is 7.05 Å². The third-order valence-electron chi connectivity index (χ3n) is 8.36. The smallest absolute Gasteiger partial charge is 0.167 e. The zero-order valence-corrected chi connectivity index (χ0v) is 24.2. The number of rotatable bonds is 8. The summed E-state index contributed by atoms with van der Waals surface area (Å²) >= 11 is 0. The van der Waals surface area contributed by atoms with Gasteiger partial charge in [0, 0.05) is 56.9 Å². The average Bonchev–Trinajstić information content (AvgIpc) is 3.67. The maximum atomic E-state index is 6.00. The molecule has 0 bridgehead atoms. The van der Waals surface area contributed by atoms with Crippen molar-refractivity contribution in [3.63, 3.8) is 0 Å². The second kappa shape index (κ2) is 11.7. The van der Waals surface area contributed by atoms with Gasteiger partial charge in [0.05, 0.1) is 43.2 Å². The highest BCUT2D eigenvalue weighted by Gasteiger charge is 2.22. The summed E-state index contributed by atoms with van der Waals surface area (Å²) in [5, 5.41) is 10.4. The van der Waals surface area contributed by atoms with Crippen molar-refractivity contribution < 1.29 is 9.47 Å². The van der Waals surface area contributed by atoms with Crippen molar-refractivity contribution in [3.8, 4) is 11.1 Å². The monoisotopic (exact) mass is 567 g/mol. The number of aromatic nitrogens is 7. The lowest BCUT2D eigenvalue weighted by atomic mass is 9.96. The van der Waals surface area contributed by atoms with Crippen LogP contribution in [0.1, 0.15) is 49.8 Å². The third-order valence-corrected chi connectivity index (χ3v) is 8.36. The predicted molar refractivity (Wildman–Crippen MR) is 161 cm³/mol. The first kappa shape index (κ1) is 26.9. The fourth-order valence-corrected chi connectivity index (χ4v) is 6.10. The van der Waals surface area contributed by atoms with Gasteiger partial charge in [-0.3, -0.25) is 19.1 Å². The number of hydrogen-bond acceptors (Lipinski definition) is 9. The quantitative estimate of drug-likeness (QED) is 0.289. The first-order valence-corrected chi connectivity index (χ1v) is 14.9. The van der Waals surface area contributed by atoms with Crippen LogP contribution < -0.4 is 5.32 Å². The molecule has 218 valence electrons. The van der Waals surface area contributed by atoms with Gasteiger partial charge in [0.2, 0.25) is 0 Å². The summed E-state index contributed by atoms with van der Waals surface area (Å²) in [4.78, 5) is 21.6. The minimum Gasteiger partial charge on any atom is -0.379 e. The Kier molecular flexibility index (Phi) is 7.54. The normalized spacial score (nSPS) is 19.0. The molecule has 2 aliphatic rings. The molecule has 7 rings (SSSR count). The van der Waals surface area contributed by atoms with E-state index >= 15 is 0 Å². The van der Waals surface area contributed by atoms with E-state index in [0.717, 1.165) is 98.8 Å². The Labute approximate surface area is 244 Å². The Morgan fingerprint density at radius 3 is 2.81 bits per heavy atom. The first-order chi connectivity index (χ1) is 20.6. The summed E-state index contributed by atoms with van der Waals surface area (Å²) in [6.07, 6.45) is 11.4. The highest BCUT2D eigenvalue weighted by molar-refractivity contribution is 5.98. The van der Waals surface area contributed by atoms with Crippen LogP contribution in [0.25, 0.3) is 33.1 Å². The minimum absolute atomic E-state index is 0.0332. The van der Waals surface area contributed by atoms with Crippen LogP contribution in [0.3, 0.4) is 0 Å². The fraction of sp³-hybridized carbons (Fsp3) is 0.452. The van der Waals surface area contributed by atoms with Crippen LogP contribution >= 0.6 is 0 Å². The van der Waals surface area contributed by atoms with Crippen molar-refractivity contribution in [2.75, 3.05) is 44.8 Å². The van der Waals surface area contributed by atoms with Crippen LogP contribution in [0.4, 0.5) is 5.82 Å². The van der Waals surface area contributed by atoms with Crippen LogP contribution in [-0.2, 0) is 22.9 Å². The molecule has 2 saturated heterocycles. The van der Waals surface area contributed by atoms with Crippen LogP contribution in [0.2, 0.25) is 0 Å². The average molecular weight is 568 g/mol.